The van der Waals surface area contributed by atoms with Gasteiger partial charge >= 0.3 is 29.9 Å². The van der Waals surface area contributed by atoms with E-state index in [0.29, 0.717) is 18.4 Å². The Labute approximate surface area is 305 Å². The fourth-order valence-corrected chi connectivity index (χ4v) is 5.03. The summed E-state index contributed by atoms with van der Waals surface area (Å²) in [5.74, 6) is -7.38. The van der Waals surface area contributed by atoms with Crippen LogP contribution in [0.25, 0.3) is 0 Å². The fraction of sp³-hybridized carbons (Fsp3) is 0.351. The largest absolute Gasteiger partial charge is 0.508 e. The van der Waals surface area contributed by atoms with Gasteiger partial charge in [-0.1, -0.05) is 30.3 Å². The van der Waals surface area contributed by atoms with Crippen LogP contribution >= 0.6 is 0 Å². The number of phenols is 2. The Morgan fingerprint density at radius 1 is 0.868 bits per heavy atom. The number of amides is 3. The average molecular weight is 738 g/mol. The first-order valence-electron chi connectivity index (χ1n) is 16.5. The molecular weight excluding hydrogens is 694 g/mol. The molecule has 0 radical (unpaired) electrons. The van der Waals surface area contributed by atoms with Crippen molar-refractivity contribution in [3.05, 3.63) is 83.4 Å². The molecule has 0 heterocycles. The standard InChI is InChI=1S/C37H43N3O13/c1-37(2,3)53-36(50)39-27(31(43)38-18-5-6-19-52-29-9-7-8-28(42)30(29)35(49)51-4)20-22-10-14-24(15-11-22)40(32(44)34(47)48)21-26(33(45)46)23-12-16-25(41)17-13-23/h7-17,26-27,41-42H,5-6,18-21H2,1-4H3,(H,38,43)(H,39,50)(H,45,46)(H,47,48). The first-order chi connectivity index (χ1) is 25.0. The van der Waals surface area contributed by atoms with Crippen LogP contribution in [-0.2, 0) is 35.1 Å². The highest BCUT2D eigenvalue weighted by Crippen LogP contribution is 2.28. The Morgan fingerprint density at radius 2 is 1.53 bits per heavy atom. The highest BCUT2D eigenvalue weighted by atomic mass is 16.6. The quantitative estimate of drug-likeness (QED) is 0.0701. The molecule has 2 atom stereocenters. The Kier molecular flexibility index (Phi) is 14.6. The number of nitrogens with zero attached hydrogens (tertiary/aromatic N) is 1. The van der Waals surface area contributed by atoms with Gasteiger partial charge in [0.05, 0.1) is 19.6 Å². The van der Waals surface area contributed by atoms with E-state index in [9.17, 15) is 49.2 Å². The molecule has 3 rings (SSSR count). The summed E-state index contributed by atoms with van der Waals surface area (Å²) in [5.41, 5.74) is -0.161. The van der Waals surface area contributed by atoms with E-state index in [-0.39, 0.29) is 53.6 Å². The maximum absolute atomic E-state index is 13.3. The minimum absolute atomic E-state index is 0.0413. The van der Waals surface area contributed by atoms with Crippen molar-refractivity contribution >= 4 is 41.5 Å². The molecule has 0 saturated heterocycles. The van der Waals surface area contributed by atoms with Crippen LogP contribution < -0.4 is 20.3 Å². The molecule has 284 valence electrons. The molecular formula is C37H43N3O13. The number of hydrogen-bond donors (Lipinski definition) is 6. The van der Waals surface area contributed by atoms with Gasteiger partial charge in [0.15, 0.2) is 0 Å². The third-order valence-corrected chi connectivity index (χ3v) is 7.60. The molecule has 3 amide bonds. The zero-order chi connectivity index (χ0) is 39.3. The number of alkyl carbamates (subject to hydrolysis) is 1. The molecule has 0 spiro atoms. The van der Waals surface area contributed by atoms with Crippen LogP contribution in [0.15, 0.2) is 66.7 Å². The SMILES string of the molecule is COC(=O)c1c(O)cccc1OCCCCNC(=O)C(Cc1ccc(N(CC(C(=O)O)c2ccc(O)cc2)C(=O)C(=O)O)cc1)NC(=O)OC(C)(C)C. The second-order valence-corrected chi connectivity index (χ2v) is 12.8. The Morgan fingerprint density at radius 3 is 2.11 bits per heavy atom. The summed E-state index contributed by atoms with van der Waals surface area (Å²) in [7, 11) is 1.18. The van der Waals surface area contributed by atoms with E-state index in [1.165, 1.54) is 73.8 Å². The Hall–Kier alpha value is -6.32. The van der Waals surface area contributed by atoms with Gasteiger partial charge < -0.3 is 50.2 Å². The maximum Gasteiger partial charge on any atom is 0.408 e. The predicted molar refractivity (Wildman–Crippen MR) is 189 cm³/mol. The molecule has 16 nitrogen and oxygen atoms in total. The van der Waals surface area contributed by atoms with Crippen molar-refractivity contribution in [1.82, 2.24) is 10.6 Å². The van der Waals surface area contributed by atoms with Crippen molar-refractivity contribution in [3.63, 3.8) is 0 Å². The molecule has 0 aliphatic carbocycles. The van der Waals surface area contributed by atoms with E-state index in [1.54, 1.807) is 20.8 Å². The number of carboxylic acid groups (broad SMARTS) is 2. The molecule has 3 aromatic carbocycles. The monoisotopic (exact) mass is 737 g/mol. The number of carboxylic acids is 2. The van der Waals surface area contributed by atoms with Crippen LogP contribution in [0.3, 0.4) is 0 Å². The lowest BCUT2D eigenvalue weighted by Crippen LogP contribution is -2.49. The number of methoxy groups -OCH3 is 1. The van der Waals surface area contributed by atoms with Gasteiger partial charge in [0.1, 0.15) is 34.5 Å². The number of esters is 1. The number of carbonyl (C=O) groups excluding carboxylic acids is 4. The van der Waals surface area contributed by atoms with E-state index < -0.39 is 59.9 Å². The predicted octanol–water partition coefficient (Wildman–Crippen LogP) is 3.58. The molecule has 3 aromatic rings. The van der Waals surface area contributed by atoms with E-state index in [0.717, 1.165) is 4.90 Å². The highest BCUT2D eigenvalue weighted by Gasteiger charge is 2.31. The first-order valence-corrected chi connectivity index (χ1v) is 16.5. The molecule has 0 aromatic heterocycles. The van der Waals surface area contributed by atoms with Gasteiger partial charge in [-0.15, -0.1) is 0 Å². The number of ether oxygens (including phenoxy) is 3. The number of hydrogen-bond acceptors (Lipinski definition) is 11. The number of anilines is 1. The molecule has 53 heavy (non-hydrogen) atoms. The van der Waals surface area contributed by atoms with Gasteiger partial charge in [0.25, 0.3) is 0 Å². The normalized spacial score (nSPS) is 12.1. The van der Waals surface area contributed by atoms with Crippen molar-refractivity contribution in [1.29, 1.82) is 0 Å². The smallest absolute Gasteiger partial charge is 0.408 e. The summed E-state index contributed by atoms with van der Waals surface area (Å²) < 4.78 is 15.7. The molecule has 0 fully saturated rings. The van der Waals surface area contributed by atoms with Crippen LogP contribution in [0.5, 0.6) is 17.2 Å². The van der Waals surface area contributed by atoms with Crippen molar-refractivity contribution in [3.8, 4) is 17.2 Å². The topological polar surface area (TPSA) is 238 Å². The summed E-state index contributed by atoms with van der Waals surface area (Å²) in [6.07, 6.45) is 0.00667. The number of unbranched alkanes of at least 4 members (excludes halogenated alkanes) is 1. The highest BCUT2D eigenvalue weighted by molar-refractivity contribution is 6.37. The van der Waals surface area contributed by atoms with Gasteiger partial charge in [0.2, 0.25) is 5.91 Å². The third kappa shape index (κ3) is 12.4. The van der Waals surface area contributed by atoms with E-state index >= 15 is 0 Å². The molecule has 0 saturated carbocycles. The van der Waals surface area contributed by atoms with Gasteiger partial charge in [-0.2, -0.15) is 0 Å². The lowest BCUT2D eigenvalue weighted by molar-refractivity contribution is -0.149. The van der Waals surface area contributed by atoms with Gasteiger partial charge in [-0.05, 0) is 81.1 Å². The summed E-state index contributed by atoms with van der Waals surface area (Å²) in [4.78, 5) is 75.4. The van der Waals surface area contributed by atoms with Crippen LogP contribution in [-0.4, -0.2) is 94.7 Å². The molecule has 0 bridgehead atoms. The van der Waals surface area contributed by atoms with Crippen molar-refractivity contribution < 1.29 is 63.4 Å². The number of carbonyl (C=O) groups is 6. The summed E-state index contributed by atoms with van der Waals surface area (Å²) in [5, 5.41) is 44.3. The zero-order valence-electron chi connectivity index (χ0n) is 29.7. The molecule has 0 aliphatic rings. The Balaban J connectivity index is 1.71. The van der Waals surface area contributed by atoms with Gasteiger partial charge in [0, 0.05) is 25.2 Å². The number of rotatable bonds is 16. The molecule has 6 N–H and O–H groups in total. The second kappa shape index (κ2) is 18.8. The minimum Gasteiger partial charge on any atom is -0.508 e. The number of phenolic OH excluding ortho intramolecular Hbond substituents is 2. The van der Waals surface area contributed by atoms with Gasteiger partial charge in [-0.3, -0.25) is 14.4 Å². The maximum atomic E-state index is 13.3. The van der Waals surface area contributed by atoms with E-state index in [4.69, 9.17) is 14.2 Å². The summed E-state index contributed by atoms with van der Waals surface area (Å²) in [6.45, 7) is 4.78. The molecule has 2 unspecified atom stereocenters. The van der Waals surface area contributed by atoms with E-state index in [2.05, 4.69) is 10.6 Å². The molecule has 16 heteroatoms. The number of nitrogens with one attached hydrogen (secondary N) is 2. The number of benzene rings is 3. The third-order valence-electron chi connectivity index (χ3n) is 7.60. The second-order valence-electron chi connectivity index (χ2n) is 12.8. The lowest BCUT2D eigenvalue weighted by Gasteiger charge is -2.25. The van der Waals surface area contributed by atoms with E-state index in [1.807, 2.05) is 0 Å². The van der Waals surface area contributed by atoms with Crippen LogP contribution in [0.2, 0.25) is 0 Å². The lowest BCUT2D eigenvalue weighted by atomic mass is 9.97. The van der Waals surface area contributed by atoms with Crippen LogP contribution in [0.4, 0.5) is 10.5 Å². The Bertz CT molecular complexity index is 1770. The number of aliphatic carboxylic acids is 2. The fourth-order valence-electron chi connectivity index (χ4n) is 5.03. The first kappa shape index (κ1) is 41.1. The average Bonchev–Trinajstić information content (AvgIpc) is 3.09. The summed E-state index contributed by atoms with van der Waals surface area (Å²) >= 11 is 0. The molecule has 0 aliphatic heterocycles. The van der Waals surface area contributed by atoms with Gasteiger partial charge in [-0.25, -0.2) is 14.4 Å². The summed E-state index contributed by atoms with van der Waals surface area (Å²) in [6, 6.07) is 14.3. The van der Waals surface area contributed by atoms with Crippen molar-refractivity contribution in [2.45, 2.75) is 57.6 Å². The zero-order valence-corrected chi connectivity index (χ0v) is 29.7. The van der Waals surface area contributed by atoms with Crippen LogP contribution in [0, 0.1) is 0 Å². The van der Waals surface area contributed by atoms with Crippen molar-refractivity contribution in [2.75, 3.05) is 31.7 Å². The minimum atomic E-state index is -1.81. The van der Waals surface area contributed by atoms with Crippen LogP contribution in [0.1, 0.15) is 61.0 Å². The number of aromatic hydroxyl groups is 2. The van der Waals surface area contributed by atoms with Crippen molar-refractivity contribution in [2.24, 2.45) is 0 Å².